The molecule has 2 aromatic carbocycles. The summed E-state index contributed by atoms with van der Waals surface area (Å²) in [6, 6.07) is 11.7. The van der Waals surface area contributed by atoms with Crippen molar-refractivity contribution in [3.63, 3.8) is 0 Å². The van der Waals surface area contributed by atoms with E-state index in [1.807, 2.05) is 19.1 Å². The molecule has 0 saturated carbocycles. The van der Waals surface area contributed by atoms with Gasteiger partial charge in [-0.2, -0.15) is 5.06 Å². The number of hydrogen-bond donors (Lipinski definition) is 1. The van der Waals surface area contributed by atoms with Gasteiger partial charge in [0.25, 0.3) is 5.91 Å². The van der Waals surface area contributed by atoms with Crippen molar-refractivity contribution in [2.75, 3.05) is 25.7 Å². The number of primary amides is 1. The first-order chi connectivity index (χ1) is 15.4. The molecule has 2 aliphatic rings. The second-order valence-corrected chi connectivity index (χ2v) is 7.72. The summed E-state index contributed by atoms with van der Waals surface area (Å²) >= 11 is 0. The zero-order chi connectivity index (χ0) is 23.0. The van der Waals surface area contributed by atoms with Crippen LogP contribution in [-0.2, 0) is 25.6 Å². The molecule has 2 saturated heterocycles. The second kappa shape index (κ2) is 8.60. The van der Waals surface area contributed by atoms with Gasteiger partial charge in [-0.05, 0) is 41.8 Å². The summed E-state index contributed by atoms with van der Waals surface area (Å²) in [6.07, 6.45) is -0.215. The quantitative estimate of drug-likeness (QED) is 0.652. The van der Waals surface area contributed by atoms with E-state index >= 15 is 0 Å². The van der Waals surface area contributed by atoms with Crippen molar-refractivity contribution in [1.29, 1.82) is 0 Å². The lowest BCUT2D eigenvalue weighted by atomic mass is 9.90. The van der Waals surface area contributed by atoms with Crippen LogP contribution in [-0.4, -0.2) is 49.7 Å². The first-order valence-corrected chi connectivity index (χ1v) is 10.3. The number of ether oxygens (including phenoxy) is 2. The van der Waals surface area contributed by atoms with Gasteiger partial charge in [0.2, 0.25) is 11.8 Å². The molecule has 9 nitrogen and oxygen atoms in total. The van der Waals surface area contributed by atoms with Gasteiger partial charge in [0.15, 0.2) is 6.10 Å². The number of carbonyl (C=O) groups excluding carboxylic acids is 3. The third-order valence-electron chi connectivity index (χ3n) is 5.82. The molecule has 2 aliphatic heterocycles. The molecule has 168 valence electrons. The van der Waals surface area contributed by atoms with Crippen molar-refractivity contribution in [1.82, 2.24) is 5.06 Å². The summed E-state index contributed by atoms with van der Waals surface area (Å²) in [6.45, 7) is 1.75. The van der Waals surface area contributed by atoms with Crippen LogP contribution >= 0.6 is 0 Å². The number of imide groups is 1. The Morgan fingerprint density at radius 3 is 2.19 bits per heavy atom. The minimum atomic E-state index is -1.06. The van der Waals surface area contributed by atoms with E-state index in [1.54, 1.807) is 30.3 Å². The molecule has 3 amide bonds. The Morgan fingerprint density at radius 2 is 1.66 bits per heavy atom. The average Bonchev–Trinajstić information content (AvgIpc) is 3.27. The minimum absolute atomic E-state index is 0.275. The van der Waals surface area contributed by atoms with Crippen LogP contribution in [0.1, 0.15) is 24.1 Å². The van der Waals surface area contributed by atoms with Crippen LogP contribution in [0.4, 0.5) is 5.69 Å². The Balaban J connectivity index is 1.75. The largest absolute Gasteiger partial charge is 0.497 e. The summed E-state index contributed by atoms with van der Waals surface area (Å²) in [7, 11) is 3.03. The number of hydrogen-bond acceptors (Lipinski definition) is 7. The number of carbonyl (C=O) groups is 3. The number of fused-ring (bicyclic) bond motifs is 1. The molecule has 2 N–H and O–H groups in total. The number of nitrogens with zero attached hydrogens (tertiary/aromatic N) is 2. The number of nitrogens with two attached hydrogens (primary N) is 1. The van der Waals surface area contributed by atoms with E-state index < -0.39 is 35.8 Å². The fourth-order valence-corrected chi connectivity index (χ4v) is 4.27. The molecule has 3 atom stereocenters. The van der Waals surface area contributed by atoms with Crippen molar-refractivity contribution < 1.29 is 28.7 Å². The topological polar surface area (TPSA) is 111 Å². The first kappa shape index (κ1) is 21.8. The number of anilines is 1. The van der Waals surface area contributed by atoms with Crippen LogP contribution in [0.5, 0.6) is 11.5 Å². The Morgan fingerprint density at radius 1 is 1.03 bits per heavy atom. The van der Waals surface area contributed by atoms with E-state index in [9.17, 15) is 14.4 Å². The molecule has 32 heavy (non-hydrogen) atoms. The fourth-order valence-electron chi connectivity index (χ4n) is 4.27. The van der Waals surface area contributed by atoms with Gasteiger partial charge in [0.1, 0.15) is 18.0 Å². The van der Waals surface area contributed by atoms with Crippen LogP contribution in [0.2, 0.25) is 0 Å². The standard InChI is InChI=1S/C23H25N3O6/c1-4-13-5-7-15(8-6-13)26-22(28)19-20(14-9-16(30-2)11-17(10-14)31-3)25(12-18(24)27)32-21(19)23(26)29/h5-11,19-21H,4,12H2,1-3H3,(H2,24,27). The number of methoxy groups -OCH3 is 2. The molecular formula is C23H25N3O6. The Hall–Kier alpha value is -3.43. The van der Waals surface area contributed by atoms with Gasteiger partial charge in [0.05, 0.1) is 31.9 Å². The third kappa shape index (κ3) is 3.69. The molecule has 4 rings (SSSR count). The summed E-state index contributed by atoms with van der Waals surface area (Å²) in [5.41, 5.74) is 7.59. The Labute approximate surface area is 185 Å². The maximum absolute atomic E-state index is 13.5. The number of hydroxylamine groups is 2. The van der Waals surface area contributed by atoms with Gasteiger partial charge in [-0.3, -0.25) is 19.2 Å². The Bertz CT molecular complexity index is 1030. The number of benzene rings is 2. The molecule has 3 unspecified atom stereocenters. The predicted molar refractivity (Wildman–Crippen MR) is 115 cm³/mol. The maximum Gasteiger partial charge on any atom is 0.265 e. The van der Waals surface area contributed by atoms with Crippen LogP contribution in [0.3, 0.4) is 0 Å². The highest BCUT2D eigenvalue weighted by Crippen LogP contribution is 2.46. The van der Waals surface area contributed by atoms with Gasteiger partial charge in [-0.25, -0.2) is 4.90 Å². The highest BCUT2D eigenvalue weighted by Gasteiger charge is 2.60. The van der Waals surface area contributed by atoms with E-state index in [0.29, 0.717) is 22.7 Å². The molecule has 0 radical (unpaired) electrons. The van der Waals surface area contributed by atoms with Gasteiger partial charge < -0.3 is 15.2 Å². The highest BCUT2D eigenvalue weighted by molar-refractivity contribution is 6.23. The monoisotopic (exact) mass is 439 g/mol. The predicted octanol–water partition coefficient (Wildman–Crippen LogP) is 1.60. The van der Waals surface area contributed by atoms with Crippen molar-refractivity contribution in [3.05, 3.63) is 53.6 Å². The summed E-state index contributed by atoms with van der Waals surface area (Å²) in [5.74, 6) is -1.36. The summed E-state index contributed by atoms with van der Waals surface area (Å²) in [4.78, 5) is 45.4. The van der Waals surface area contributed by atoms with E-state index in [1.165, 1.54) is 19.3 Å². The molecule has 9 heteroatoms. The smallest absolute Gasteiger partial charge is 0.265 e. The van der Waals surface area contributed by atoms with Crippen molar-refractivity contribution >= 4 is 23.4 Å². The van der Waals surface area contributed by atoms with Crippen molar-refractivity contribution in [2.45, 2.75) is 25.5 Å². The Kier molecular flexibility index (Phi) is 5.86. The lowest BCUT2D eigenvalue weighted by Crippen LogP contribution is -2.40. The van der Waals surface area contributed by atoms with Gasteiger partial charge in [-0.1, -0.05) is 19.1 Å². The SMILES string of the molecule is CCc1ccc(N2C(=O)C3ON(CC(N)=O)C(c4cc(OC)cc(OC)c4)C3C2=O)cc1. The van der Waals surface area contributed by atoms with Crippen molar-refractivity contribution in [2.24, 2.45) is 11.7 Å². The summed E-state index contributed by atoms with van der Waals surface area (Å²) in [5, 5.41) is 1.30. The van der Waals surface area contributed by atoms with Gasteiger partial charge >= 0.3 is 0 Å². The van der Waals surface area contributed by atoms with Gasteiger partial charge in [0, 0.05) is 6.07 Å². The average molecular weight is 439 g/mol. The van der Waals surface area contributed by atoms with Crippen LogP contribution in [0.25, 0.3) is 0 Å². The zero-order valence-electron chi connectivity index (χ0n) is 18.1. The fraction of sp³-hybridized carbons (Fsp3) is 0.348. The lowest BCUT2D eigenvalue weighted by Gasteiger charge is -2.26. The lowest BCUT2D eigenvalue weighted by molar-refractivity contribution is -0.175. The first-order valence-electron chi connectivity index (χ1n) is 10.3. The van der Waals surface area contributed by atoms with E-state index in [-0.39, 0.29) is 6.54 Å². The molecule has 0 spiro atoms. The van der Waals surface area contributed by atoms with Crippen LogP contribution < -0.4 is 20.1 Å². The van der Waals surface area contributed by atoms with E-state index in [0.717, 1.165) is 16.9 Å². The zero-order valence-corrected chi connectivity index (χ0v) is 18.1. The normalized spacial score (nSPS) is 22.8. The molecule has 2 aromatic rings. The van der Waals surface area contributed by atoms with Gasteiger partial charge in [-0.15, -0.1) is 0 Å². The maximum atomic E-state index is 13.5. The van der Waals surface area contributed by atoms with Crippen LogP contribution in [0, 0.1) is 5.92 Å². The highest BCUT2D eigenvalue weighted by atomic mass is 16.7. The third-order valence-corrected chi connectivity index (χ3v) is 5.82. The van der Waals surface area contributed by atoms with E-state index in [2.05, 4.69) is 0 Å². The molecule has 0 aliphatic carbocycles. The molecule has 0 aromatic heterocycles. The molecular weight excluding hydrogens is 414 g/mol. The molecule has 2 fully saturated rings. The molecule has 0 bridgehead atoms. The summed E-state index contributed by atoms with van der Waals surface area (Å²) < 4.78 is 10.7. The second-order valence-electron chi connectivity index (χ2n) is 7.72. The number of rotatable bonds is 7. The van der Waals surface area contributed by atoms with Crippen LogP contribution in [0.15, 0.2) is 42.5 Å². The van der Waals surface area contributed by atoms with E-state index in [4.69, 9.17) is 20.0 Å². The minimum Gasteiger partial charge on any atom is -0.497 e. The molecule has 2 heterocycles. The number of amides is 3. The number of aryl methyl sites for hydroxylation is 1. The van der Waals surface area contributed by atoms with Crippen molar-refractivity contribution in [3.8, 4) is 11.5 Å².